The van der Waals surface area contributed by atoms with Crippen molar-refractivity contribution in [2.45, 2.75) is 26.2 Å². The van der Waals surface area contributed by atoms with Crippen LogP contribution >= 0.6 is 0 Å². The largest absolute Gasteiger partial charge is 0.441 e. The number of halogens is 2. The molecular formula is C19H19F2N5O2. The first kappa shape index (κ1) is 19.3. The monoisotopic (exact) mass is 387 g/mol. The molecule has 0 radical (unpaired) electrons. The van der Waals surface area contributed by atoms with E-state index in [9.17, 15) is 13.6 Å². The van der Waals surface area contributed by atoms with Crippen LogP contribution in [0.25, 0.3) is 12.2 Å². The summed E-state index contributed by atoms with van der Waals surface area (Å²) in [5.74, 6) is -0.818. The molecule has 3 N–H and O–H groups in total. The lowest BCUT2D eigenvalue weighted by Crippen LogP contribution is -2.33. The molecule has 9 heteroatoms. The summed E-state index contributed by atoms with van der Waals surface area (Å²) in [6, 6.07) is 3.58. The number of hydrogen-bond donors (Lipinski definition) is 2. The van der Waals surface area contributed by atoms with E-state index >= 15 is 0 Å². The van der Waals surface area contributed by atoms with Gasteiger partial charge in [-0.15, -0.1) is 0 Å². The third-order valence-electron chi connectivity index (χ3n) is 3.86. The van der Waals surface area contributed by atoms with Gasteiger partial charge < -0.3 is 10.2 Å². The zero-order chi connectivity index (χ0) is 20.5. The quantitative estimate of drug-likeness (QED) is 0.694. The fourth-order valence-corrected chi connectivity index (χ4v) is 2.44. The Morgan fingerprint density at radius 1 is 1.25 bits per heavy atom. The van der Waals surface area contributed by atoms with Crippen molar-refractivity contribution < 1.29 is 18.0 Å². The lowest BCUT2D eigenvalue weighted by atomic mass is 9.94. The van der Waals surface area contributed by atoms with Crippen molar-refractivity contribution in [1.82, 2.24) is 15.2 Å². The number of carbonyl (C=O) groups excluding carboxylic acids is 1. The molecule has 3 rings (SSSR count). The summed E-state index contributed by atoms with van der Waals surface area (Å²) in [5.41, 5.74) is 4.99. The number of carbonyl (C=O) groups is 1. The molecule has 0 atom stereocenters. The van der Waals surface area contributed by atoms with Gasteiger partial charge in [-0.25, -0.2) is 23.5 Å². The highest BCUT2D eigenvalue weighted by Gasteiger charge is 2.25. The number of para-hydroxylation sites is 1. The number of benzene rings is 1. The fourth-order valence-electron chi connectivity index (χ4n) is 2.44. The van der Waals surface area contributed by atoms with Crippen molar-refractivity contribution in [2.75, 3.05) is 4.90 Å². The van der Waals surface area contributed by atoms with E-state index in [1.54, 1.807) is 18.3 Å². The highest BCUT2D eigenvalue weighted by atomic mass is 19.1. The number of nitrogens with one attached hydrogen (secondary N) is 1. The van der Waals surface area contributed by atoms with Crippen LogP contribution in [-0.4, -0.2) is 21.2 Å². The number of hydrogen-bond acceptors (Lipinski definition) is 4. The Kier molecular flexibility index (Phi) is 5.00. The first-order valence-corrected chi connectivity index (χ1v) is 8.40. The van der Waals surface area contributed by atoms with Crippen LogP contribution in [-0.2, 0) is 5.41 Å². The Balaban J connectivity index is 1.88. The SMILES string of the molecule is CC(C)(C)c1cnc(/C=C/c2cc(N(C(N)=O)c3c(F)cccc3F)n[nH]2)o1. The van der Waals surface area contributed by atoms with Crippen LogP contribution in [0.3, 0.4) is 0 Å². The third kappa shape index (κ3) is 3.93. The van der Waals surface area contributed by atoms with Gasteiger partial charge >= 0.3 is 6.03 Å². The summed E-state index contributed by atoms with van der Waals surface area (Å²) in [4.78, 5) is 16.6. The van der Waals surface area contributed by atoms with Crippen molar-refractivity contribution in [3.05, 3.63) is 59.4 Å². The summed E-state index contributed by atoms with van der Waals surface area (Å²) in [5, 5.41) is 6.57. The molecule has 0 aliphatic heterocycles. The Hall–Kier alpha value is -3.49. The maximum Gasteiger partial charge on any atom is 0.325 e. The Morgan fingerprint density at radius 3 is 2.50 bits per heavy atom. The number of nitrogens with two attached hydrogens (primary N) is 1. The number of H-pyrrole nitrogens is 1. The molecule has 0 fully saturated rings. The summed E-state index contributed by atoms with van der Waals surface area (Å²) in [7, 11) is 0. The number of rotatable bonds is 4. The van der Waals surface area contributed by atoms with Crippen LogP contribution in [0.2, 0.25) is 0 Å². The number of urea groups is 1. The minimum Gasteiger partial charge on any atom is -0.441 e. The van der Waals surface area contributed by atoms with E-state index in [1.807, 2.05) is 20.8 Å². The number of aromatic amines is 1. The van der Waals surface area contributed by atoms with Gasteiger partial charge in [0.25, 0.3) is 0 Å². The van der Waals surface area contributed by atoms with Crippen molar-refractivity contribution >= 4 is 29.7 Å². The van der Waals surface area contributed by atoms with E-state index in [1.165, 1.54) is 12.1 Å². The maximum atomic E-state index is 14.1. The van der Waals surface area contributed by atoms with Gasteiger partial charge in [0.1, 0.15) is 23.1 Å². The molecule has 3 aromatic rings. The van der Waals surface area contributed by atoms with E-state index in [4.69, 9.17) is 10.2 Å². The van der Waals surface area contributed by atoms with E-state index < -0.39 is 23.4 Å². The van der Waals surface area contributed by atoms with Crippen LogP contribution in [0.5, 0.6) is 0 Å². The Morgan fingerprint density at radius 2 is 1.93 bits per heavy atom. The first-order chi connectivity index (χ1) is 13.2. The molecule has 2 aromatic heterocycles. The lowest BCUT2D eigenvalue weighted by molar-refractivity contribution is 0.255. The smallest absolute Gasteiger partial charge is 0.325 e. The third-order valence-corrected chi connectivity index (χ3v) is 3.86. The summed E-state index contributed by atoms with van der Waals surface area (Å²) in [6.07, 6.45) is 4.85. The lowest BCUT2D eigenvalue weighted by Gasteiger charge is -2.18. The maximum absolute atomic E-state index is 14.1. The first-order valence-electron chi connectivity index (χ1n) is 8.40. The number of oxazole rings is 1. The van der Waals surface area contributed by atoms with Gasteiger partial charge in [0, 0.05) is 17.6 Å². The second-order valence-electron chi connectivity index (χ2n) is 7.07. The molecule has 2 amide bonds. The molecule has 28 heavy (non-hydrogen) atoms. The van der Waals surface area contributed by atoms with E-state index in [0.29, 0.717) is 16.5 Å². The predicted molar refractivity (Wildman–Crippen MR) is 101 cm³/mol. The van der Waals surface area contributed by atoms with Gasteiger partial charge in [-0.2, -0.15) is 5.10 Å². The zero-order valence-electron chi connectivity index (χ0n) is 15.5. The normalized spacial score (nSPS) is 11.9. The average molecular weight is 387 g/mol. The van der Waals surface area contributed by atoms with Crippen molar-refractivity contribution in [3.8, 4) is 0 Å². The van der Waals surface area contributed by atoms with Crippen LogP contribution in [0.4, 0.5) is 25.1 Å². The van der Waals surface area contributed by atoms with Crippen molar-refractivity contribution in [3.63, 3.8) is 0 Å². The van der Waals surface area contributed by atoms with Gasteiger partial charge in [0.05, 0.1) is 11.9 Å². The van der Waals surface area contributed by atoms with Crippen LogP contribution in [0.15, 0.2) is 34.9 Å². The second kappa shape index (κ2) is 7.26. The number of primary amides is 1. The van der Waals surface area contributed by atoms with Gasteiger partial charge in [0.2, 0.25) is 5.89 Å². The molecule has 0 spiro atoms. The molecular weight excluding hydrogens is 368 g/mol. The molecule has 0 aliphatic rings. The minimum absolute atomic E-state index is 0.0565. The summed E-state index contributed by atoms with van der Waals surface area (Å²) < 4.78 is 33.8. The average Bonchev–Trinajstić information content (AvgIpc) is 3.25. The zero-order valence-corrected chi connectivity index (χ0v) is 15.5. The Labute approximate surface area is 159 Å². The standard InChI is InChI=1S/C19H19F2N5O2/c1-19(2,3)14-10-23-16(28-14)8-7-11-9-15(25-24-11)26(18(22)27)17-12(20)5-4-6-13(17)21/h4-10H,1-3H3,(H2,22,27)(H,24,25)/b8-7+. The predicted octanol–water partition coefficient (Wildman–Crippen LogP) is 4.36. The van der Waals surface area contributed by atoms with Gasteiger partial charge in [-0.05, 0) is 18.2 Å². The van der Waals surface area contributed by atoms with Crippen LogP contribution in [0.1, 0.15) is 38.1 Å². The molecule has 0 saturated carbocycles. The summed E-state index contributed by atoms with van der Waals surface area (Å²) >= 11 is 0. The van der Waals surface area contributed by atoms with Gasteiger partial charge in [-0.1, -0.05) is 26.8 Å². The van der Waals surface area contributed by atoms with E-state index in [0.717, 1.165) is 17.9 Å². The minimum atomic E-state index is -1.08. The number of amides is 2. The highest BCUT2D eigenvalue weighted by molar-refractivity contribution is 5.98. The molecule has 1 aromatic carbocycles. The second-order valence-corrected chi connectivity index (χ2v) is 7.07. The molecule has 2 heterocycles. The number of nitrogens with zero attached hydrogens (tertiary/aromatic N) is 3. The van der Waals surface area contributed by atoms with E-state index in [-0.39, 0.29) is 11.2 Å². The van der Waals surface area contributed by atoms with E-state index in [2.05, 4.69) is 15.2 Å². The molecule has 0 saturated heterocycles. The van der Waals surface area contributed by atoms with Crippen molar-refractivity contribution in [2.24, 2.45) is 5.73 Å². The molecule has 0 bridgehead atoms. The van der Waals surface area contributed by atoms with Gasteiger partial charge in [0.15, 0.2) is 5.82 Å². The van der Waals surface area contributed by atoms with Crippen LogP contribution in [0, 0.1) is 11.6 Å². The highest BCUT2D eigenvalue weighted by Crippen LogP contribution is 2.30. The fraction of sp³-hybridized carbons (Fsp3) is 0.211. The van der Waals surface area contributed by atoms with Crippen LogP contribution < -0.4 is 10.6 Å². The Bertz CT molecular complexity index is 1010. The topological polar surface area (TPSA) is 101 Å². The van der Waals surface area contributed by atoms with Crippen molar-refractivity contribution in [1.29, 1.82) is 0 Å². The molecule has 146 valence electrons. The molecule has 7 nitrogen and oxygen atoms in total. The number of aromatic nitrogens is 3. The number of anilines is 2. The summed E-state index contributed by atoms with van der Waals surface area (Å²) in [6.45, 7) is 6.01. The molecule has 0 aliphatic carbocycles. The molecule has 0 unspecified atom stereocenters. The van der Waals surface area contributed by atoms with Gasteiger partial charge in [-0.3, -0.25) is 5.10 Å².